The number of benzene rings is 2. The fraction of sp³-hybridized carbons (Fsp3) is 0.0714. The van der Waals surface area contributed by atoms with Crippen molar-refractivity contribution in [2.24, 2.45) is 0 Å². The van der Waals surface area contributed by atoms with E-state index in [9.17, 15) is 4.79 Å². The van der Waals surface area contributed by atoms with Crippen LogP contribution in [0.2, 0.25) is 10.0 Å². The first-order valence-electron chi connectivity index (χ1n) is 5.31. The van der Waals surface area contributed by atoms with Gasteiger partial charge in [-0.3, -0.25) is 4.79 Å². The van der Waals surface area contributed by atoms with Gasteiger partial charge in [0.15, 0.2) is 0 Å². The quantitative estimate of drug-likeness (QED) is 0.777. The van der Waals surface area contributed by atoms with Crippen molar-refractivity contribution in [2.45, 2.75) is 6.61 Å². The molecule has 0 N–H and O–H groups in total. The molecule has 0 atom stereocenters. The number of ether oxygens (including phenoxy) is 1. The molecule has 4 heteroatoms. The van der Waals surface area contributed by atoms with Gasteiger partial charge in [-0.15, -0.1) is 0 Å². The van der Waals surface area contributed by atoms with E-state index in [2.05, 4.69) is 0 Å². The summed E-state index contributed by atoms with van der Waals surface area (Å²) in [5.41, 5.74) is 1.55. The van der Waals surface area contributed by atoms with Gasteiger partial charge in [0.2, 0.25) is 0 Å². The molecular weight excluding hydrogens is 271 g/mol. The minimum atomic E-state index is 0.375. The molecule has 0 aliphatic rings. The van der Waals surface area contributed by atoms with Crippen LogP contribution in [-0.4, -0.2) is 6.29 Å². The minimum Gasteiger partial charge on any atom is -0.489 e. The van der Waals surface area contributed by atoms with Gasteiger partial charge in [0.05, 0.1) is 10.0 Å². The maximum Gasteiger partial charge on any atom is 0.150 e. The summed E-state index contributed by atoms with van der Waals surface area (Å²) in [6, 6.07) is 12.3. The Bertz CT molecular complexity index is 567. The van der Waals surface area contributed by atoms with Crippen molar-refractivity contribution in [3.8, 4) is 5.75 Å². The Balaban J connectivity index is 2.06. The molecule has 0 aromatic heterocycles. The summed E-state index contributed by atoms with van der Waals surface area (Å²) in [7, 11) is 0. The van der Waals surface area contributed by atoms with E-state index in [0.29, 0.717) is 28.0 Å². The van der Waals surface area contributed by atoms with Gasteiger partial charge in [0.25, 0.3) is 0 Å². The van der Waals surface area contributed by atoms with Crippen LogP contribution in [0.5, 0.6) is 5.75 Å². The highest BCUT2D eigenvalue weighted by Crippen LogP contribution is 2.26. The highest BCUT2D eigenvalue weighted by atomic mass is 35.5. The first kappa shape index (κ1) is 12.9. The second-order valence-corrected chi connectivity index (χ2v) is 4.54. The normalized spacial score (nSPS) is 10.1. The first-order chi connectivity index (χ1) is 8.69. The predicted octanol–water partition coefficient (Wildman–Crippen LogP) is 4.38. The number of rotatable bonds is 4. The van der Waals surface area contributed by atoms with Crippen LogP contribution in [0.4, 0.5) is 0 Å². The third-order valence-corrected chi connectivity index (χ3v) is 3.12. The summed E-state index contributed by atoms with van der Waals surface area (Å²) in [6.07, 6.45) is 0.808. The molecule has 2 aromatic carbocycles. The number of halogens is 2. The molecule has 0 heterocycles. The Morgan fingerprint density at radius 2 is 1.89 bits per heavy atom. The Hall–Kier alpha value is -1.51. The van der Waals surface area contributed by atoms with Crippen molar-refractivity contribution < 1.29 is 9.53 Å². The average Bonchev–Trinajstić information content (AvgIpc) is 2.40. The van der Waals surface area contributed by atoms with Gasteiger partial charge >= 0.3 is 0 Å². The van der Waals surface area contributed by atoms with Gasteiger partial charge in [-0.1, -0.05) is 41.4 Å². The molecule has 0 fully saturated rings. The molecule has 2 aromatic rings. The molecule has 0 unspecified atom stereocenters. The molecule has 0 saturated heterocycles. The van der Waals surface area contributed by atoms with E-state index < -0.39 is 0 Å². The molecule has 0 spiro atoms. The van der Waals surface area contributed by atoms with Crippen LogP contribution in [0, 0.1) is 0 Å². The Morgan fingerprint density at radius 3 is 2.61 bits per heavy atom. The van der Waals surface area contributed by atoms with Gasteiger partial charge in [-0.2, -0.15) is 0 Å². The lowest BCUT2D eigenvalue weighted by molar-refractivity contribution is 0.112. The summed E-state index contributed by atoms with van der Waals surface area (Å²) in [5.74, 6) is 0.640. The van der Waals surface area contributed by atoms with Crippen molar-refractivity contribution in [3.63, 3.8) is 0 Å². The van der Waals surface area contributed by atoms with Crippen LogP contribution >= 0.6 is 23.2 Å². The van der Waals surface area contributed by atoms with Crippen LogP contribution < -0.4 is 4.74 Å². The molecule has 2 rings (SSSR count). The monoisotopic (exact) mass is 280 g/mol. The highest BCUT2D eigenvalue weighted by Gasteiger charge is 2.01. The van der Waals surface area contributed by atoms with Crippen LogP contribution in [0.3, 0.4) is 0 Å². The third-order valence-electron chi connectivity index (χ3n) is 2.38. The van der Waals surface area contributed by atoms with Crippen LogP contribution in [0.25, 0.3) is 0 Å². The first-order valence-corrected chi connectivity index (χ1v) is 6.06. The lowest BCUT2D eigenvalue weighted by atomic mass is 10.1. The summed E-state index contributed by atoms with van der Waals surface area (Å²) < 4.78 is 5.57. The molecule has 0 amide bonds. The number of hydrogen-bond donors (Lipinski definition) is 0. The second kappa shape index (κ2) is 5.89. The number of carbonyl (C=O) groups is 1. The molecule has 0 aliphatic heterocycles. The van der Waals surface area contributed by atoms with Crippen molar-refractivity contribution in [1.82, 2.24) is 0 Å². The standard InChI is InChI=1S/C14H10Cl2O2/c15-13-5-4-12(7-14(13)16)18-9-11-3-1-2-10(6-11)8-17/h1-8H,9H2. The van der Waals surface area contributed by atoms with E-state index >= 15 is 0 Å². The Labute approximate surface area is 115 Å². The predicted molar refractivity (Wildman–Crippen MR) is 72.6 cm³/mol. The van der Waals surface area contributed by atoms with Crippen molar-refractivity contribution >= 4 is 29.5 Å². The Morgan fingerprint density at radius 1 is 1.06 bits per heavy atom. The molecule has 0 aliphatic carbocycles. The highest BCUT2D eigenvalue weighted by molar-refractivity contribution is 6.42. The summed E-state index contributed by atoms with van der Waals surface area (Å²) in [5, 5.41) is 0.947. The molecule has 92 valence electrons. The molecular formula is C14H10Cl2O2. The summed E-state index contributed by atoms with van der Waals surface area (Å²) in [6.45, 7) is 0.375. The van der Waals surface area contributed by atoms with Gasteiger partial charge in [0, 0.05) is 11.6 Å². The van der Waals surface area contributed by atoms with E-state index in [4.69, 9.17) is 27.9 Å². The summed E-state index contributed by atoms with van der Waals surface area (Å²) >= 11 is 11.7. The average molecular weight is 281 g/mol. The Kier molecular flexibility index (Phi) is 4.24. The van der Waals surface area contributed by atoms with Crippen molar-refractivity contribution in [2.75, 3.05) is 0 Å². The van der Waals surface area contributed by atoms with E-state index in [1.807, 2.05) is 12.1 Å². The number of aldehydes is 1. The molecule has 0 saturated carbocycles. The van der Waals surface area contributed by atoms with Crippen LogP contribution in [0.1, 0.15) is 15.9 Å². The van der Waals surface area contributed by atoms with Gasteiger partial charge in [-0.05, 0) is 23.8 Å². The maximum absolute atomic E-state index is 10.6. The maximum atomic E-state index is 10.6. The molecule has 2 nitrogen and oxygen atoms in total. The zero-order chi connectivity index (χ0) is 13.0. The zero-order valence-corrected chi connectivity index (χ0v) is 10.9. The third kappa shape index (κ3) is 3.25. The number of hydrogen-bond acceptors (Lipinski definition) is 2. The van der Waals surface area contributed by atoms with Gasteiger partial charge < -0.3 is 4.74 Å². The smallest absolute Gasteiger partial charge is 0.150 e. The molecule has 0 radical (unpaired) electrons. The van der Waals surface area contributed by atoms with Crippen LogP contribution in [0.15, 0.2) is 42.5 Å². The topological polar surface area (TPSA) is 26.3 Å². The lowest BCUT2D eigenvalue weighted by Gasteiger charge is -2.07. The van der Waals surface area contributed by atoms with Gasteiger partial charge in [0.1, 0.15) is 18.6 Å². The largest absolute Gasteiger partial charge is 0.489 e. The fourth-order valence-corrected chi connectivity index (χ4v) is 1.78. The van der Waals surface area contributed by atoms with E-state index in [-0.39, 0.29) is 0 Å². The second-order valence-electron chi connectivity index (χ2n) is 3.73. The van der Waals surface area contributed by atoms with Crippen molar-refractivity contribution in [3.05, 3.63) is 63.6 Å². The van der Waals surface area contributed by atoms with E-state index in [1.165, 1.54) is 0 Å². The lowest BCUT2D eigenvalue weighted by Crippen LogP contribution is -1.96. The van der Waals surface area contributed by atoms with Gasteiger partial charge in [-0.25, -0.2) is 0 Å². The zero-order valence-electron chi connectivity index (χ0n) is 9.40. The van der Waals surface area contributed by atoms with Crippen molar-refractivity contribution in [1.29, 1.82) is 0 Å². The number of carbonyl (C=O) groups excluding carboxylic acids is 1. The minimum absolute atomic E-state index is 0.375. The SMILES string of the molecule is O=Cc1cccc(COc2ccc(Cl)c(Cl)c2)c1. The molecule has 18 heavy (non-hydrogen) atoms. The van der Waals surface area contributed by atoms with Crippen LogP contribution in [-0.2, 0) is 6.61 Å². The fourth-order valence-electron chi connectivity index (χ4n) is 1.49. The van der Waals surface area contributed by atoms with E-state index in [1.54, 1.807) is 30.3 Å². The van der Waals surface area contributed by atoms with E-state index in [0.717, 1.165) is 11.8 Å². The molecule has 0 bridgehead atoms. The summed E-state index contributed by atoms with van der Waals surface area (Å²) in [4.78, 5) is 10.6.